The Kier molecular flexibility index (Phi) is 6.17. The van der Waals surface area contributed by atoms with Gasteiger partial charge in [-0.15, -0.1) is 0 Å². The highest BCUT2D eigenvalue weighted by atomic mass is 32.1. The van der Waals surface area contributed by atoms with Gasteiger partial charge in [0.1, 0.15) is 5.75 Å². The molecule has 0 aliphatic heterocycles. The fourth-order valence-corrected chi connectivity index (χ4v) is 2.53. The molecule has 0 saturated carbocycles. The van der Waals surface area contributed by atoms with E-state index in [2.05, 4.69) is 10.7 Å². The number of likely N-dealkylation sites (N-methyl/N-ethyl adjacent to an activating group) is 1. The summed E-state index contributed by atoms with van der Waals surface area (Å²) in [5.41, 5.74) is 1.89. The van der Waals surface area contributed by atoms with Gasteiger partial charge in [0.25, 0.3) is 5.91 Å². The topological polar surface area (TPSA) is 58.6 Å². The first kappa shape index (κ1) is 17.0. The minimum atomic E-state index is -0.101. The molecule has 0 spiro atoms. The van der Waals surface area contributed by atoms with Crippen molar-refractivity contribution in [2.75, 3.05) is 26.0 Å². The predicted octanol–water partition coefficient (Wildman–Crippen LogP) is 2.79. The Balaban J connectivity index is 1.77. The standard InChI is InChI=1S/C17H20N2O3S/c1-19(2)17(21)11-22-15-6-4-14(5-7-15)18-16(20)8-3-13-9-10-23-12-13/h4-7,9-10,12H,3,8,11H2,1-2H3,(H,18,20). The highest BCUT2D eigenvalue weighted by Gasteiger charge is 2.06. The van der Waals surface area contributed by atoms with E-state index in [0.717, 1.165) is 6.42 Å². The number of hydrogen-bond acceptors (Lipinski definition) is 4. The number of benzene rings is 1. The molecule has 6 heteroatoms. The summed E-state index contributed by atoms with van der Waals surface area (Å²) in [5, 5.41) is 6.91. The number of rotatable bonds is 7. The van der Waals surface area contributed by atoms with Crippen LogP contribution in [0.25, 0.3) is 0 Å². The molecule has 23 heavy (non-hydrogen) atoms. The van der Waals surface area contributed by atoms with Crippen LogP contribution in [0.4, 0.5) is 5.69 Å². The fourth-order valence-electron chi connectivity index (χ4n) is 1.82. The second-order valence-corrected chi connectivity index (χ2v) is 6.06. The summed E-state index contributed by atoms with van der Waals surface area (Å²) in [6, 6.07) is 9.02. The molecule has 1 aromatic carbocycles. The first-order valence-electron chi connectivity index (χ1n) is 7.28. The predicted molar refractivity (Wildman–Crippen MR) is 91.9 cm³/mol. The van der Waals surface area contributed by atoms with E-state index in [9.17, 15) is 9.59 Å². The van der Waals surface area contributed by atoms with Crippen molar-refractivity contribution in [1.82, 2.24) is 4.90 Å². The van der Waals surface area contributed by atoms with Crippen molar-refractivity contribution in [1.29, 1.82) is 0 Å². The fraction of sp³-hybridized carbons (Fsp3) is 0.294. The molecule has 0 atom stereocenters. The number of hydrogen-bond donors (Lipinski definition) is 1. The normalized spacial score (nSPS) is 10.2. The molecular formula is C17H20N2O3S. The number of nitrogens with one attached hydrogen (secondary N) is 1. The van der Waals surface area contributed by atoms with Crippen molar-refractivity contribution in [3.8, 4) is 5.75 Å². The monoisotopic (exact) mass is 332 g/mol. The van der Waals surface area contributed by atoms with Crippen molar-refractivity contribution < 1.29 is 14.3 Å². The summed E-state index contributed by atoms with van der Waals surface area (Å²) in [6.45, 7) is -0.000648. The minimum absolute atomic E-state index is 0.000648. The summed E-state index contributed by atoms with van der Waals surface area (Å²) in [6.07, 6.45) is 1.19. The highest BCUT2D eigenvalue weighted by Crippen LogP contribution is 2.16. The molecule has 2 aromatic rings. The number of nitrogens with zero attached hydrogens (tertiary/aromatic N) is 1. The largest absolute Gasteiger partial charge is 0.484 e. The number of ether oxygens (including phenoxy) is 1. The summed E-state index contributed by atoms with van der Waals surface area (Å²) >= 11 is 1.63. The van der Waals surface area contributed by atoms with Gasteiger partial charge in [-0.05, 0) is 53.1 Å². The van der Waals surface area contributed by atoms with Crippen LogP contribution >= 0.6 is 11.3 Å². The smallest absolute Gasteiger partial charge is 0.259 e. The zero-order chi connectivity index (χ0) is 16.7. The minimum Gasteiger partial charge on any atom is -0.484 e. The Morgan fingerprint density at radius 1 is 1.17 bits per heavy atom. The molecule has 1 heterocycles. The quantitative estimate of drug-likeness (QED) is 0.848. The third kappa shape index (κ3) is 5.75. The van der Waals surface area contributed by atoms with Gasteiger partial charge in [-0.2, -0.15) is 11.3 Å². The average Bonchev–Trinajstić information content (AvgIpc) is 3.05. The zero-order valence-electron chi connectivity index (χ0n) is 13.2. The van der Waals surface area contributed by atoms with Gasteiger partial charge in [-0.3, -0.25) is 9.59 Å². The van der Waals surface area contributed by atoms with E-state index in [-0.39, 0.29) is 18.4 Å². The summed E-state index contributed by atoms with van der Waals surface area (Å²) in [5.74, 6) is 0.472. The van der Waals surface area contributed by atoms with Crippen molar-refractivity contribution in [2.45, 2.75) is 12.8 Å². The number of amides is 2. The third-order valence-corrected chi connectivity index (χ3v) is 3.95. The number of carbonyl (C=O) groups is 2. The molecule has 0 aliphatic carbocycles. The molecule has 5 nitrogen and oxygen atoms in total. The average molecular weight is 332 g/mol. The van der Waals surface area contributed by atoms with Crippen molar-refractivity contribution in [2.24, 2.45) is 0 Å². The van der Waals surface area contributed by atoms with Crippen LogP contribution in [0.15, 0.2) is 41.1 Å². The van der Waals surface area contributed by atoms with Crippen LogP contribution in [0.3, 0.4) is 0 Å². The van der Waals surface area contributed by atoms with E-state index in [1.165, 1.54) is 10.5 Å². The molecule has 0 radical (unpaired) electrons. The van der Waals surface area contributed by atoms with Gasteiger partial charge < -0.3 is 15.0 Å². The van der Waals surface area contributed by atoms with Crippen LogP contribution in [-0.2, 0) is 16.0 Å². The number of anilines is 1. The van der Waals surface area contributed by atoms with Gasteiger partial charge >= 0.3 is 0 Å². The SMILES string of the molecule is CN(C)C(=O)COc1ccc(NC(=O)CCc2ccsc2)cc1. The molecule has 1 aromatic heterocycles. The Bertz CT molecular complexity index is 636. The molecule has 0 fully saturated rings. The van der Waals surface area contributed by atoms with Crippen LogP contribution in [0.2, 0.25) is 0 Å². The number of thiophene rings is 1. The Morgan fingerprint density at radius 3 is 2.52 bits per heavy atom. The van der Waals surface area contributed by atoms with E-state index in [0.29, 0.717) is 17.9 Å². The summed E-state index contributed by atoms with van der Waals surface area (Å²) < 4.78 is 5.38. The van der Waals surface area contributed by atoms with Gasteiger partial charge in [0, 0.05) is 26.2 Å². The first-order valence-corrected chi connectivity index (χ1v) is 8.23. The second kappa shape index (κ2) is 8.33. The zero-order valence-corrected chi connectivity index (χ0v) is 14.1. The lowest BCUT2D eigenvalue weighted by Gasteiger charge is -2.11. The molecule has 2 amide bonds. The van der Waals surface area contributed by atoms with Gasteiger partial charge in [-0.1, -0.05) is 0 Å². The maximum absolute atomic E-state index is 11.9. The summed E-state index contributed by atoms with van der Waals surface area (Å²) in [4.78, 5) is 24.8. The first-order chi connectivity index (χ1) is 11.0. The number of carbonyl (C=O) groups excluding carboxylic acids is 2. The van der Waals surface area contributed by atoms with Gasteiger partial charge in [0.15, 0.2) is 6.61 Å². The maximum Gasteiger partial charge on any atom is 0.259 e. The van der Waals surface area contributed by atoms with E-state index in [1.807, 2.05) is 11.4 Å². The van der Waals surface area contributed by atoms with Crippen LogP contribution in [0, 0.1) is 0 Å². The van der Waals surface area contributed by atoms with E-state index in [1.54, 1.807) is 49.7 Å². The Labute approximate surface area is 139 Å². The van der Waals surface area contributed by atoms with Crippen LogP contribution in [0.5, 0.6) is 5.75 Å². The molecule has 2 rings (SSSR count). The number of aryl methyl sites for hydroxylation is 1. The lowest BCUT2D eigenvalue weighted by molar-refractivity contribution is -0.130. The van der Waals surface area contributed by atoms with Crippen LogP contribution in [0.1, 0.15) is 12.0 Å². The van der Waals surface area contributed by atoms with Gasteiger partial charge in [0.05, 0.1) is 0 Å². The molecule has 1 N–H and O–H groups in total. The van der Waals surface area contributed by atoms with E-state index >= 15 is 0 Å². The van der Waals surface area contributed by atoms with Crippen molar-refractivity contribution >= 4 is 28.8 Å². The molecule has 0 bridgehead atoms. The van der Waals surface area contributed by atoms with Gasteiger partial charge in [-0.25, -0.2) is 0 Å². The highest BCUT2D eigenvalue weighted by molar-refractivity contribution is 7.07. The van der Waals surface area contributed by atoms with Crippen molar-refractivity contribution in [3.05, 3.63) is 46.7 Å². The Morgan fingerprint density at radius 2 is 1.91 bits per heavy atom. The van der Waals surface area contributed by atoms with E-state index in [4.69, 9.17) is 4.74 Å². The third-order valence-electron chi connectivity index (χ3n) is 3.22. The van der Waals surface area contributed by atoms with Crippen LogP contribution in [-0.4, -0.2) is 37.4 Å². The van der Waals surface area contributed by atoms with Gasteiger partial charge in [0.2, 0.25) is 5.91 Å². The molecule has 0 aliphatic rings. The van der Waals surface area contributed by atoms with E-state index < -0.39 is 0 Å². The molecular weight excluding hydrogens is 312 g/mol. The Hall–Kier alpha value is -2.34. The van der Waals surface area contributed by atoms with Crippen molar-refractivity contribution in [3.63, 3.8) is 0 Å². The second-order valence-electron chi connectivity index (χ2n) is 5.28. The molecule has 122 valence electrons. The molecule has 0 unspecified atom stereocenters. The van der Waals surface area contributed by atoms with Crippen LogP contribution < -0.4 is 10.1 Å². The molecule has 0 saturated heterocycles. The maximum atomic E-state index is 11.9. The lowest BCUT2D eigenvalue weighted by atomic mass is 10.2. The lowest BCUT2D eigenvalue weighted by Crippen LogP contribution is -2.27. The summed E-state index contributed by atoms with van der Waals surface area (Å²) in [7, 11) is 3.36.